The Morgan fingerprint density at radius 1 is 1.52 bits per heavy atom. The van der Waals surface area contributed by atoms with E-state index >= 15 is 0 Å². The van der Waals surface area contributed by atoms with E-state index in [-0.39, 0.29) is 24.5 Å². The number of amides is 1. The summed E-state index contributed by atoms with van der Waals surface area (Å²) in [5.74, 6) is 1.50. The summed E-state index contributed by atoms with van der Waals surface area (Å²) >= 11 is 0. The van der Waals surface area contributed by atoms with Crippen molar-refractivity contribution in [2.75, 3.05) is 13.7 Å². The number of aromatic nitrogens is 3. The highest BCUT2D eigenvalue weighted by Gasteiger charge is 2.35. The second-order valence-electron chi connectivity index (χ2n) is 5.63. The number of hydrogen-bond donors (Lipinski definition) is 2. The number of nitrogens with zero attached hydrogens (tertiary/aromatic N) is 3. The highest BCUT2D eigenvalue weighted by atomic mass is 16.5. The highest BCUT2D eigenvalue weighted by Crippen LogP contribution is 2.36. The van der Waals surface area contributed by atoms with Crippen LogP contribution in [0, 0.1) is 0 Å². The topological polar surface area (TPSA) is 102 Å². The molecule has 1 amide bonds. The van der Waals surface area contributed by atoms with Gasteiger partial charge >= 0.3 is 0 Å². The third-order valence-corrected chi connectivity index (χ3v) is 4.14. The van der Waals surface area contributed by atoms with Crippen molar-refractivity contribution in [2.45, 2.75) is 38.0 Å². The van der Waals surface area contributed by atoms with Gasteiger partial charge in [-0.15, -0.1) is 10.2 Å². The van der Waals surface area contributed by atoms with E-state index in [9.17, 15) is 9.90 Å². The zero-order valence-electron chi connectivity index (χ0n) is 12.9. The van der Waals surface area contributed by atoms with E-state index in [1.807, 2.05) is 4.57 Å². The number of rotatable bonds is 7. The van der Waals surface area contributed by atoms with Crippen molar-refractivity contribution in [3.05, 3.63) is 35.8 Å². The van der Waals surface area contributed by atoms with Crippen LogP contribution in [0.5, 0.6) is 0 Å². The van der Waals surface area contributed by atoms with Crippen LogP contribution in [0.1, 0.15) is 40.8 Å². The van der Waals surface area contributed by atoms with Gasteiger partial charge in [0, 0.05) is 25.6 Å². The smallest absolute Gasteiger partial charge is 0.254 e. The maximum atomic E-state index is 12.0. The third kappa shape index (κ3) is 3.27. The van der Waals surface area contributed by atoms with E-state index in [0.717, 1.165) is 18.7 Å². The van der Waals surface area contributed by atoms with Gasteiger partial charge in [0.15, 0.2) is 5.82 Å². The average Bonchev–Trinajstić information content (AvgIpc) is 3.17. The fourth-order valence-electron chi connectivity index (χ4n) is 2.80. The third-order valence-electron chi connectivity index (χ3n) is 4.14. The van der Waals surface area contributed by atoms with E-state index < -0.39 is 0 Å². The van der Waals surface area contributed by atoms with Crippen LogP contribution in [0.3, 0.4) is 0 Å². The summed E-state index contributed by atoms with van der Waals surface area (Å²) in [6, 6.07) is 1.76. The lowest BCUT2D eigenvalue weighted by atomic mass is 9.79. The van der Waals surface area contributed by atoms with Gasteiger partial charge in [0.1, 0.15) is 18.7 Å². The van der Waals surface area contributed by atoms with E-state index in [0.29, 0.717) is 24.5 Å². The Morgan fingerprint density at radius 3 is 3.00 bits per heavy atom. The minimum absolute atomic E-state index is 0.118. The van der Waals surface area contributed by atoms with Gasteiger partial charge in [-0.05, 0) is 18.9 Å². The van der Waals surface area contributed by atoms with E-state index in [2.05, 4.69) is 15.5 Å². The summed E-state index contributed by atoms with van der Waals surface area (Å²) in [7, 11) is 1.63. The van der Waals surface area contributed by atoms with Crippen molar-refractivity contribution in [3.63, 3.8) is 0 Å². The number of furan rings is 1. The molecular weight excluding hydrogens is 300 g/mol. The molecule has 2 aromatic rings. The summed E-state index contributed by atoms with van der Waals surface area (Å²) in [5.41, 5.74) is 0.527. The van der Waals surface area contributed by atoms with Gasteiger partial charge in [0.25, 0.3) is 5.91 Å². The van der Waals surface area contributed by atoms with Crippen LogP contribution in [0.2, 0.25) is 0 Å². The largest absolute Gasteiger partial charge is 0.472 e. The second kappa shape index (κ2) is 6.93. The molecule has 2 N–H and O–H groups in total. The fraction of sp³-hybridized carbons (Fsp3) is 0.533. The summed E-state index contributed by atoms with van der Waals surface area (Å²) < 4.78 is 11.9. The molecular formula is C15H20N4O4. The van der Waals surface area contributed by atoms with Gasteiger partial charge in [-0.3, -0.25) is 4.79 Å². The quantitative estimate of drug-likeness (QED) is 0.778. The first kappa shape index (κ1) is 15.7. The van der Waals surface area contributed by atoms with Gasteiger partial charge in [0.05, 0.1) is 18.4 Å². The molecule has 1 aliphatic carbocycles. The van der Waals surface area contributed by atoms with Crippen molar-refractivity contribution in [1.82, 2.24) is 20.1 Å². The van der Waals surface area contributed by atoms with Gasteiger partial charge in [-0.1, -0.05) is 0 Å². The van der Waals surface area contributed by atoms with E-state index in [1.165, 1.54) is 12.5 Å². The molecule has 0 radical (unpaired) electrons. The number of ether oxygens (including phenoxy) is 1. The lowest BCUT2D eigenvalue weighted by molar-refractivity contribution is 0.0905. The van der Waals surface area contributed by atoms with Crippen molar-refractivity contribution in [3.8, 4) is 0 Å². The van der Waals surface area contributed by atoms with Crippen LogP contribution < -0.4 is 5.32 Å². The molecule has 3 rings (SSSR count). The standard InChI is InChI=1S/C15H20N4O4/c1-22-5-3-19-13(8-20)17-18-14(19)11-6-12(7-11)16-15(21)10-2-4-23-9-10/h2,4,9,11-12,20H,3,5-8H2,1H3,(H,16,21). The lowest BCUT2D eigenvalue weighted by Gasteiger charge is -2.35. The molecule has 0 spiro atoms. The van der Waals surface area contributed by atoms with Crippen molar-refractivity contribution < 1.29 is 19.1 Å². The maximum absolute atomic E-state index is 12.0. The predicted octanol–water partition coefficient (Wildman–Crippen LogP) is 0.686. The Morgan fingerprint density at radius 2 is 2.35 bits per heavy atom. The summed E-state index contributed by atoms with van der Waals surface area (Å²) in [6.45, 7) is 0.993. The number of hydrogen-bond acceptors (Lipinski definition) is 6. The van der Waals surface area contributed by atoms with Gasteiger partial charge in [-0.2, -0.15) is 0 Å². The van der Waals surface area contributed by atoms with Gasteiger partial charge in [-0.25, -0.2) is 0 Å². The minimum Gasteiger partial charge on any atom is -0.472 e. The molecule has 2 aromatic heterocycles. The molecule has 1 fully saturated rings. The number of methoxy groups -OCH3 is 1. The number of aliphatic hydroxyl groups excluding tert-OH is 1. The first-order valence-electron chi connectivity index (χ1n) is 7.57. The van der Waals surface area contributed by atoms with Crippen LogP contribution >= 0.6 is 0 Å². The Bertz CT molecular complexity index is 646. The molecule has 1 saturated carbocycles. The molecule has 8 nitrogen and oxygen atoms in total. The first-order chi connectivity index (χ1) is 11.2. The molecule has 8 heteroatoms. The first-order valence-corrected chi connectivity index (χ1v) is 7.57. The summed E-state index contributed by atoms with van der Waals surface area (Å²) in [6.07, 6.45) is 4.52. The molecule has 23 heavy (non-hydrogen) atoms. The zero-order valence-corrected chi connectivity index (χ0v) is 12.9. The molecule has 0 atom stereocenters. The predicted molar refractivity (Wildman–Crippen MR) is 79.8 cm³/mol. The minimum atomic E-state index is -0.149. The molecule has 124 valence electrons. The lowest BCUT2D eigenvalue weighted by Crippen LogP contribution is -2.44. The van der Waals surface area contributed by atoms with E-state index in [4.69, 9.17) is 9.15 Å². The molecule has 0 aromatic carbocycles. The van der Waals surface area contributed by atoms with Crippen molar-refractivity contribution in [1.29, 1.82) is 0 Å². The van der Waals surface area contributed by atoms with Crippen LogP contribution in [0.25, 0.3) is 0 Å². The molecule has 2 heterocycles. The van der Waals surface area contributed by atoms with E-state index in [1.54, 1.807) is 13.2 Å². The fourth-order valence-corrected chi connectivity index (χ4v) is 2.80. The number of carbonyl (C=O) groups excluding carboxylic acids is 1. The van der Waals surface area contributed by atoms with Crippen LogP contribution in [0.15, 0.2) is 23.0 Å². The average molecular weight is 320 g/mol. The monoisotopic (exact) mass is 320 g/mol. The van der Waals surface area contributed by atoms with Gasteiger partial charge < -0.3 is 24.1 Å². The normalized spacial score (nSPS) is 20.3. The number of aliphatic hydroxyl groups is 1. The second-order valence-corrected chi connectivity index (χ2v) is 5.63. The molecule has 1 aliphatic rings. The Labute approximate surface area is 133 Å². The van der Waals surface area contributed by atoms with Crippen molar-refractivity contribution in [2.24, 2.45) is 0 Å². The van der Waals surface area contributed by atoms with Crippen molar-refractivity contribution >= 4 is 5.91 Å². The van der Waals surface area contributed by atoms with Crippen LogP contribution in [-0.2, 0) is 17.9 Å². The van der Waals surface area contributed by atoms with Gasteiger partial charge in [0.2, 0.25) is 0 Å². The zero-order chi connectivity index (χ0) is 16.2. The maximum Gasteiger partial charge on any atom is 0.254 e. The van der Waals surface area contributed by atoms with Crippen LogP contribution in [-0.4, -0.2) is 45.5 Å². The Kier molecular flexibility index (Phi) is 4.73. The Balaban J connectivity index is 1.58. The number of nitrogens with one attached hydrogen (secondary N) is 1. The van der Waals surface area contributed by atoms with Crippen LogP contribution in [0.4, 0.5) is 0 Å². The Hall–Kier alpha value is -2.19. The summed E-state index contributed by atoms with van der Waals surface area (Å²) in [5, 5.41) is 20.5. The molecule has 0 bridgehead atoms. The summed E-state index contributed by atoms with van der Waals surface area (Å²) in [4.78, 5) is 12.0. The highest BCUT2D eigenvalue weighted by molar-refractivity contribution is 5.94. The SMILES string of the molecule is COCCn1c(CO)nnc1C1CC(NC(=O)c2ccoc2)C1. The molecule has 0 unspecified atom stereocenters. The molecule has 0 saturated heterocycles. The molecule has 0 aliphatic heterocycles. The number of carbonyl (C=O) groups is 1.